The highest BCUT2D eigenvalue weighted by Gasteiger charge is 2.29. The number of nitrogens with zero attached hydrogens (tertiary/aromatic N) is 3. The van der Waals surface area contributed by atoms with E-state index in [1.54, 1.807) is 23.0 Å². The first-order chi connectivity index (χ1) is 15.3. The Bertz CT molecular complexity index is 1320. The summed E-state index contributed by atoms with van der Waals surface area (Å²) >= 11 is 6.01. The molecule has 4 rings (SSSR count). The number of nitrogens with one attached hydrogen (secondary N) is 1. The Kier molecular flexibility index (Phi) is 6.12. The van der Waals surface area contributed by atoms with Crippen molar-refractivity contribution in [1.82, 2.24) is 15.1 Å². The number of carbonyl (C=O) groups is 1. The summed E-state index contributed by atoms with van der Waals surface area (Å²) in [5.74, 6) is -0.683. The van der Waals surface area contributed by atoms with Crippen LogP contribution in [-0.2, 0) is 14.6 Å². The quantitative estimate of drug-likeness (QED) is 0.458. The molecule has 0 bridgehead atoms. The van der Waals surface area contributed by atoms with Crippen molar-refractivity contribution < 1.29 is 13.2 Å². The number of nitriles is 1. The lowest BCUT2D eigenvalue weighted by atomic mass is 10.1. The van der Waals surface area contributed by atoms with Gasteiger partial charge in [-0.25, -0.2) is 13.1 Å². The molecule has 1 aromatic heterocycles. The smallest absolute Gasteiger partial charge is 0.262 e. The minimum atomic E-state index is -3.15. The lowest BCUT2D eigenvalue weighted by Gasteiger charge is -2.09. The average molecular weight is 467 g/mol. The Labute approximate surface area is 190 Å². The minimum absolute atomic E-state index is 0.0358. The van der Waals surface area contributed by atoms with Gasteiger partial charge in [0.25, 0.3) is 5.91 Å². The van der Waals surface area contributed by atoms with Crippen molar-refractivity contribution in [1.29, 1.82) is 5.26 Å². The van der Waals surface area contributed by atoms with E-state index in [1.807, 2.05) is 48.5 Å². The first kappa shape index (κ1) is 21.8. The largest absolute Gasteiger partial charge is 0.348 e. The van der Waals surface area contributed by atoms with Gasteiger partial charge in [0.15, 0.2) is 9.84 Å². The van der Waals surface area contributed by atoms with E-state index in [9.17, 15) is 18.5 Å². The monoisotopic (exact) mass is 466 g/mol. The van der Waals surface area contributed by atoms with Gasteiger partial charge in [-0.1, -0.05) is 41.9 Å². The Morgan fingerprint density at radius 3 is 2.53 bits per heavy atom. The number of hydrogen-bond acceptors (Lipinski definition) is 5. The van der Waals surface area contributed by atoms with Crippen LogP contribution in [0.1, 0.15) is 12.0 Å². The molecule has 0 spiro atoms. The summed E-state index contributed by atoms with van der Waals surface area (Å²) in [5.41, 5.74) is 2.62. The van der Waals surface area contributed by atoms with E-state index >= 15 is 0 Å². The number of para-hydroxylation sites is 1. The van der Waals surface area contributed by atoms with Crippen LogP contribution in [0.2, 0.25) is 5.02 Å². The lowest BCUT2D eigenvalue weighted by molar-refractivity contribution is -0.117. The maximum atomic E-state index is 12.7. The molecule has 0 saturated carbocycles. The molecular weight excluding hydrogens is 448 g/mol. The van der Waals surface area contributed by atoms with E-state index < -0.39 is 21.8 Å². The number of carbonyl (C=O) groups excluding carboxylic acids is 1. The van der Waals surface area contributed by atoms with Gasteiger partial charge in [0.1, 0.15) is 11.6 Å². The molecule has 162 valence electrons. The molecule has 1 N–H and O–H groups in total. The second-order valence-corrected chi connectivity index (χ2v) is 10.1. The summed E-state index contributed by atoms with van der Waals surface area (Å²) in [6.07, 6.45) is 3.55. The van der Waals surface area contributed by atoms with Gasteiger partial charge in [0, 0.05) is 28.4 Å². The number of amides is 1. The molecule has 0 radical (unpaired) electrons. The number of hydrogen-bond donors (Lipinski definition) is 1. The van der Waals surface area contributed by atoms with Crippen molar-refractivity contribution in [3.05, 3.63) is 77.0 Å². The van der Waals surface area contributed by atoms with Gasteiger partial charge < -0.3 is 5.32 Å². The van der Waals surface area contributed by atoms with Crippen LogP contribution in [0.25, 0.3) is 23.0 Å². The molecule has 32 heavy (non-hydrogen) atoms. The van der Waals surface area contributed by atoms with Crippen molar-refractivity contribution in [2.24, 2.45) is 0 Å². The SMILES string of the molecule is N#C/C(=C\c1cn(-c2ccccc2)nc1-c1ccc(Cl)cc1)C(=O)N[C@H]1CCS(=O)(=O)C1. The molecule has 7 nitrogen and oxygen atoms in total. The van der Waals surface area contributed by atoms with Crippen molar-refractivity contribution in [2.45, 2.75) is 12.5 Å². The Balaban J connectivity index is 1.71. The number of sulfone groups is 1. The Morgan fingerprint density at radius 2 is 1.91 bits per heavy atom. The number of rotatable bonds is 5. The summed E-state index contributed by atoms with van der Waals surface area (Å²) < 4.78 is 25.0. The number of halogens is 1. The molecule has 1 amide bonds. The fourth-order valence-corrected chi connectivity index (χ4v) is 5.31. The Hall–Kier alpha value is -3.41. The van der Waals surface area contributed by atoms with Gasteiger partial charge in [-0.05, 0) is 36.8 Å². The fourth-order valence-electron chi connectivity index (χ4n) is 3.51. The van der Waals surface area contributed by atoms with Gasteiger partial charge in [-0.3, -0.25) is 4.79 Å². The molecule has 0 aliphatic carbocycles. The van der Waals surface area contributed by atoms with Crippen LogP contribution in [0.5, 0.6) is 0 Å². The molecule has 1 atom stereocenters. The minimum Gasteiger partial charge on any atom is -0.348 e. The molecule has 2 aromatic carbocycles. The first-order valence-corrected chi connectivity index (χ1v) is 12.1. The van der Waals surface area contributed by atoms with E-state index in [0.29, 0.717) is 22.7 Å². The van der Waals surface area contributed by atoms with E-state index in [2.05, 4.69) is 10.4 Å². The van der Waals surface area contributed by atoms with Gasteiger partial charge in [0.05, 0.1) is 22.9 Å². The van der Waals surface area contributed by atoms with Crippen LogP contribution in [0, 0.1) is 11.3 Å². The zero-order chi connectivity index (χ0) is 22.7. The number of aromatic nitrogens is 2. The van der Waals surface area contributed by atoms with Crippen molar-refractivity contribution in [3.63, 3.8) is 0 Å². The van der Waals surface area contributed by atoms with Crippen LogP contribution in [0.15, 0.2) is 66.4 Å². The van der Waals surface area contributed by atoms with Crippen LogP contribution in [-0.4, -0.2) is 41.7 Å². The second-order valence-electron chi connectivity index (χ2n) is 7.46. The maximum Gasteiger partial charge on any atom is 0.262 e. The zero-order valence-corrected chi connectivity index (χ0v) is 18.5. The lowest BCUT2D eigenvalue weighted by Crippen LogP contribution is -2.36. The molecule has 3 aromatic rings. The topological polar surface area (TPSA) is 105 Å². The normalized spacial score (nSPS) is 17.6. The summed E-state index contributed by atoms with van der Waals surface area (Å²) in [6.45, 7) is 0. The standard InChI is InChI=1S/C23H19ClN4O3S/c24-19-8-6-16(7-9-19)22-18(14-28(27-22)21-4-2-1-3-5-21)12-17(13-25)23(29)26-20-10-11-32(30,31)15-20/h1-9,12,14,20H,10-11,15H2,(H,26,29)/b17-12+/t20-/m0/s1. The van der Waals surface area contributed by atoms with Crippen LogP contribution < -0.4 is 5.32 Å². The third-order valence-corrected chi connectivity index (χ3v) is 7.13. The fraction of sp³-hybridized carbons (Fsp3) is 0.174. The Morgan fingerprint density at radius 1 is 1.19 bits per heavy atom. The predicted octanol–water partition coefficient (Wildman–Crippen LogP) is 3.40. The molecule has 1 aliphatic heterocycles. The van der Waals surface area contributed by atoms with Crippen LogP contribution in [0.4, 0.5) is 0 Å². The molecule has 1 saturated heterocycles. The van der Waals surface area contributed by atoms with E-state index in [-0.39, 0.29) is 17.1 Å². The van der Waals surface area contributed by atoms with E-state index in [1.165, 1.54) is 6.08 Å². The first-order valence-electron chi connectivity index (χ1n) is 9.89. The highest BCUT2D eigenvalue weighted by atomic mass is 35.5. The third kappa shape index (κ3) is 4.90. The summed E-state index contributed by atoms with van der Waals surface area (Å²) in [4.78, 5) is 12.7. The second kappa shape index (κ2) is 8.99. The molecule has 0 unspecified atom stereocenters. The van der Waals surface area contributed by atoms with E-state index in [4.69, 9.17) is 11.6 Å². The highest BCUT2D eigenvalue weighted by Crippen LogP contribution is 2.27. The molecule has 1 aliphatic rings. The van der Waals surface area contributed by atoms with E-state index in [0.717, 1.165) is 11.3 Å². The van der Waals surface area contributed by atoms with Crippen LogP contribution >= 0.6 is 11.6 Å². The van der Waals surface area contributed by atoms with Gasteiger partial charge in [0.2, 0.25) is 0 Å². The number of benzene rings is 2. The predicted molar refractivity (Wildman–Crippen MR) is 123 cm³/mol. The molecular formula is C23H19ClN4O3S. The van der Waals surface area contributed by atoms with Gasteiger partial charge in [-0.2, -0.15) is 10.4 Å². The maximum absolute atomic E-state index is 12.7. The summed E-state index contributed by atoms with van der Waals surface area (Å²) in [6, 6.07) is 18.0. The van der Waals surface area contributed by atoms with Crippen LogP contribution in [0.3, 0.4) is 0 Å². The summed E-state index contributed by atoms with van der Waals surface area (Å²) in [5, 5.41) is 17.5. The van der Waals surface area contributed by atoms with Gasteiger partial charge >= 0.3 is 0 Å². The molecule has 9 heteroatoms. The average Bonchev–Trinajstić information content (AvgIpc) is 3.35. The van der Waals surface area contributed by atoms with Gasteiger partial charge in [-0.15, -0.1) is 0 Å². The molecule has 2 heterocycles. The highest BCUT2D eigenvalue weighted by molar-refractivity contribution is 7.91. The van der Waals surface area contributed by atoms with Crippen molar-refractivity contribution >= 4 is 33.4 Å². The third-order valence-electron chi connectivity index (χ3n) is 5.11. The van der Waals surface area contributed by atoms with Crippen molar-refractivity contribution in [2.75, 3.05) is 11.5 Å². The summed E-state index contributed by atoms with van der Waals surface area (Å²) in [7, 11) is -3.15. The van der Waals surface area contributed by atoms with Crippen molar-refractivity contribution in [3.8, 4) is 23.0 Å². The molecule has 1 fully saturated rings. The zero-order valence-electron chi connectivity index (χ0n) is 16.9.